The second-order valence-electron chi connectivity index (χ2n) is 5.33. The van der Waals surface area contributed by atoms with Gasteiger partial charge in [-0.25, -0.2) is 19.6 Å². The van der Waals surface area contributed by atoms with Gasteiger partial charge in [0.05, 0.1) is 5.69 Å². The van der Waals surface area contributed by atoms with Gasteiger partial charge >= 0.3 is 11.9 Å². The van der Waals surface area contributed by atoms with Crippen LogP contribution >= 0.6 is 0 Å². The van der Waals surface area contributed by atoms with E-state index >= 15 is 0 Å². The number of carboxylic acids is 2. The van der Waals surface area contributed by atoms with Crippen LogP contribution in [-0.2, 0) is 9.59 Å². The third-order valence-electron chi connectivity index (χ3n) is 3.68. The lowest BCUT2D eigenvalue weighted by Crippen LogP contribution is -2.30. The molecule has 0 amide bonds. The molecule has 0 saturated carbocycles. The summed E-state index contributed by atoms with van der Waals surface area (Å²) in [6.45, 7) is 3.41. The number of nitrogens with two attached hydrogens (primary N) is 1. The van der Waals surface area contributed by atoms with E-state index < -0.39 is 11.9 Å². The van der Waals surface area contributed by atoms with Crippen molar-refractivity contribution in [1.29, 1.82) is 0 Å². The summed E-state index contributed by atoms with van der Waals surface area (Å²) in [5.41, 5.74) is 6.65. The molecule has 1 fully saturated rings. The molecule has 1 aromatic heterocycles. The Morgan fingerprint density at radius 2 is 2.00 bits per heavy atom. The van der Waals surface area contributed by atoms with Crippen molar-refractivity contribution in [3.05, 3.63) is 30.1 Å². The van der Waals surface area contributed by atoms with E-state index in [0.717, 1.165) is 5.69 Å². The van der Waals surface area contributed by atoms with Gasteiger partial charge in [-0.15, -0.1) is 0 Å². The second kappa shape index (κ2) is 8.84. The van der Waals surface area contributed by atoms with Crippen molar-refractivity contribution in [3.8, 4) is 0 Å². The van der Waals surface area contributed by atoms with Gasteiger partial charge in [-0.1, -0.05) is 6.92 Å². The topological polar surface area (TPSA) is 130 Å². The summed E-state index contributed by atoms with van der Waals surface area (Å²) in [5, 5.41) is 15.6. The van der Waals surface area contributed by atoms with Crippen LogP contribution in [0.3, 0.4) is 0 Å². The Hall–Kier alpha value is -2.48. The molecule has 1 aliphatic rings. The Balaban J connectivity index is 0.000000284. The first-order valence-electron chi connectivity index (χ1n) is 7.24. The van der Waals surface area contributed by atoms with Gasteiger partial charge in [0.15, 0.2) is 0 Å². The molecule has 23 heavy (non-hydrogen) atoms. The van der Waals surface area contributed by atoms with Gasteiger partial charge in [0, 0.05) is 30.3 Å². The SMILES string of the molecule is C[C@@H](c1ccnc(N)n1)[C@@H]1CCCN1C.O=C(O)/C=C/C(=O)O. The van der Waals surface area contributed by atoms with Gasteiger partial charge in [0.1, 0.15) is 0 Å². The van der Waals surface area contributed by atoms with Crippen molar-refractivity contribution in [3.63, 3.8) is 0 Å². The standard InChI is InChI=1S/C11H18N4.C4H4O4/c1-8(10-4-3-7-15(10)2)9-5-6-13-11(12)14-9;5-3(6)1-2-4(7)8/h5-6,8,10H,3-4,7H2,1-2H3,(H2,12,13,14);1-2H,(H,5,6)(H,7,8)/b;2-1+/t8-,10-;/m0./s1. The van der Waals surface area contributed by atoms with Gasteiger partial charge < -0.3 is 20.8 Å². The number of nitrogens with zero attached hydrogens (tertiary/aromatic N) is 3. The van der Waals surface area contributed by atoms with Crippen LogP contribution < -0.4 is 5.73 Å². The molecule has 126 valence electrons. The molecule has 1 aromatic rings. The third kappa shape index (κ3) is 6.43. The number of aliphatic carboxylic acids is 2. The number of hydrogen-bond donors (Lipinski definition) is 3. The van der Waals surface area contributed by atoms with Gasteiger partial charge in [-0.3, -0.25) is 0 Å². The van der Waals surface area contributed by atoms with E-state index in [0.29, 0.717) is 30.1 Å². The molecule has 8 nitrogen and oxygen atoms in total. The molecule has 0 aliphatic carbocycles. The zero-order valence-electron chi connectivity index (χ0n) is 13.2. The van der Waals surface area contributed by atoms with Crippen molar-refractivity contribution in [2.24, 2.45) is 0 Å². The summed E-state index contributed by atoms with van der Waals surface area (Å²) in [6.07, 6.45) is 5.39. The van der Waals surface area contributed by atoms with Gasteiger partial charge in [-0.05, 0) is 32.5 Å². The summed E-state index contributed by atoms with van der Waals surface area (Å²) in [4.78, 5) is 29.7. The van der Waals surface area contributed by atoms with Gasteiger partial charge in [0.25, 0.3) is 0 Å². The molecule has 0 aromatic carbocycles. The van der Waals surface area contributed by atoms with Crippen LogP contribution in [0.2, 0.25) is 0 Å². The Morgan fingerprint density at radius 3 is 2.43 bits per heavy atom. The predicted octanol–water partition coefficient (Wildman–Crippen LogP) is 0.968. The Kier molecular flexibility index (Phi) is 7.14. The maximum Gasteiger partial charge on any atom is 0.328 e. The minimum absolute atomic E-state index is 0.375. The van der Waals surface area contributed by atoms with Crippen molar-refractivity contribution >= 4 is 17.9 Å². The number of aromatic nitrogens is 2. The molecule has 0 radical (unpaired) electrons. The zero-order valence-corrected chi connectivity index (χ0v) is 13.2. The van der Waals surface area contributed by atoms with Crippen LogP contribution in [0.4, 0.5) is 5.95 Å². The molecule has 1 aliphatic heterocycles. The normalized spacial score (nSPS) is 19.1. The van der Waals surface area contributed by atoms with Crippen LogP contribution in [0.5, 0.6) is 0 Å². The fraction of sp³-hybridized carbons (Fsp3) is 0.467. The smallest absolute Gasteiger partial charge is 0.328 e. The van der Waals surface area contributed by atoms with Crippen molar-refractivity contribution < 1.29 is 19.8 Å². The molecular weight excluding hydrogens is 300 g/mol. The molecule has 2 heterocycles. The van der Waals surface area contributed by atoms with Crippen molar-refractivity contribution in [2.75, 3.05) is 19.3 Å². The summed E-state index contributed by atoms with van der Waals surface area (Å²) >= 11 is 0. The van der Waals surface area contributed by atoms with Crippen LogP contribution in [0.25, 0.3) is 0 Å². The van der Waals surface area contributed by atoms with Gasteiger partial charge in [-0.2, -0.15) is 0 Å². The predicted molar refractivity (Wildman–Crippen MR) is 84.9 cm³/mol. The van der Waals surface area contributed by atoms with E-state index in [9.17, 15) is 9.59 Å². The lowest BCUT2D eigenvalue weighted by molar-refractivity contribution is -0.134. The summed E-state index contributed by atoms with van der Waals surface area (Å²) < 4.78 is 0. The first-order valence-corrected chi connectivity index (χ1v) is 7.24. The van der Waals surface area contributed by atoms with E-state index in [2.05, 4.69) is 28.8 Å². The highest BCUT2D eigenvalue weighted by molar-refractivity contribution is 5.89. The molecule has 1 saturated heterocycles. The van der Waals surface area contributed by atoms with Crippen molar-refractivity contribution in [2.45, 2.75) is 31.7 Å². The maximum atomic E-state index is 9.55. The number of carbonyl (C=O) groups is 2. The summed E-state index contributed by atoms with van der Waals surface area (Å²) in [7, 11) is 2.18. The fourth-order valence-corrected chi connectivity index (χ4v) is 2.55. The molecule has 2 atom stereocenters. The third-order valence-corrected chi connectivity index (χ3v) is 3.68. The number of likely N-dealkylation sites (tertiary alicyclic amines) is 1. The molecule has 2 rings (SSSR count). The molecule has 8 heteroatoms. The van der Waals surface area contributed by atoms with E-state index in [1.807, 2.05) is 6.07 Å². The van der Waals surface area contributed by atoms with E-state index in [1.54, 1.807) is 6.20 Å². The maximum absolute atomic E-state index is 9.55. The lowest BCUT2D eigenvalue weighted by Gasteiger charge is -2.25. The molecule has 0 unspecified atom stereocenters. The minimum atomic E-state index is -1.26. The monoisotopic (exact) mass is 322 g/mol. The average Bonchev–Trinajstić information content (AvgIpc) is 2.91. The van der Waals surface area contributed by atoms with Crippen LogP contribution in [0.1, 0.15) is 31.4 Å². The largest absolute Gasteiger partial charge is 0.478 e. The molecule has 0 spiro atoms. The first kappa shape index (κ1) is 18.6. The number of nitrogen functional groups attached to an aromatic ring is 1. The molecular formula is C15H22N4O4. The fourth-order valence-electron chi connectivity index (χ4n) is 2.55. The van der Waals surface area contributed by atoms with E-state index in [1.165, 1.54) is 19.4 Å². The Labute approximate surface area is 134 Å². The minimum Gasteiger partial charge on any atom is -0.478 e. The number of likely N-dealkylation sites (N-methyl/N-ethyl adjacent to an activating group) is 1. The lowest BCUT2D eigenvalue weighted by atomic mass is 9.96. The molecule has 0 bridgehead atoms. The quantitative estimate of drug-likeness (QED) is 0.699. The number of carboxylic acid groups (broad SMARTS) is 2. The highest BCUT2D eigenvalue weighted by atomic mass is 16.4. The van der Waals surface area contributed by atoms with E-state index in [-0.39, 0.29) is 0 Å². The molecule has 4 N–H and O–H groups in total. The van der Waals surface area contributed by atoms with Crippen LogP contribution in [-0.4, -0.2) is 56.7 Å². The second-order valence-corrected chi connectivity index (χ2v) is 5.33. The summed E-state index contributed by atoms with van der Waals surface area (Å²) in [6, 6.07) is 2.56. The average molecular weight is 322 g/mol. The van der Waals surface area contributed by atoms with E-state index in [4.69, 9.17) is 15.9 Å². The zero-order chi connectivity index (χ0) is 17.4. The van der Waals surface area contributed by atoms with Crippen LogP contribution in [0, 0.1) is 0 Å². The Bertz CT molecular complexity index is 560. The number of hydrogen-bond acceptors (Lipinski definition) is 6. The summed E-state index contributed by atoms with van der Waals surface area (Å²) in [5.74, 6) is -1.71. The Morgan fingerprint density at radius 1 is 1.39 bits per heavy atom. The number of rotatable bonds is 4. The number of anilines is 1. The highest BCUT2D eigenvalue weighted by Crippen LogP contribution is 2.28. The van der Waals surface area contributed by atoms with Gasteiger partial charge in [0.2, 0.25) is 5.95 Å². The van der Waals surface area contributed by atoms with Crippen LogP contribution in [0.15, 0.2) is 24.4 Å². The highest BCUT2D eigenvalue weighted by Gasteiger charge is 2.28. The van der Waals surface area contributed by atoms with Crippen molar-refractivity contribution in [1.82, 2.24) is 14.9 Å². The first-order chi connectivity index (χ1) is 10.8.